The van der Waals surface area contributed by atoms with Gasteiger partial charge in [0.15, 0.2) is 0 Å². The Balaban J connectivity index is 0.875. The molecule has 8 rings (SSSR count). The van der Waals surface area contributed by atoms with Crippen LogP contribution in [-0.4, -0.2) is 76.9 Å². The summed E-state index contributed by atoms with van der Waals surface area (Å²) in [5, 5.41) is 22.2. The quantitative estimate of drug-likeness (QED) is 0.195. The fraction of sp³-hybridized carbons (Fsp3) is 0.436. The van der Waals surface area contributed by atoms with Gasteiger partial charge in [-0.15, -0.1) is 0 Å². The van der Waals surface area contributed by atoms with Crippen molar-refractivity contribution in [1.82, 2.24) is 34.1 Å². The highest BCUT2D eigenvalue weighted by Gasteiger charge is 2.38. The van der Waals surface area contributed by atoms with E-state index in [2.05, 4.69) is 26.6 Å². The number of aromatic nitrogens is 5. The Kier molecular flexibility index (Phi) is 9.36. The molecule has 3 N–H and O–H groups in total. The molecule has 2 aliphatic heterocycles. The molecule has 0 bridgehead atoms. The second-order valence-electron chi connectivity index (χ2n) is 15.1. The van der Waals surface area contributed by atoms with E-state index in [1.807, 2.05) is 23.0 Å². The summed E-state index contributed by atoms with van der Waals surface area (Å²) in [4.78, 5) is 56.3. The number of anilines is 1. The fourth-order valence-corrected chi connectivity index (χ4v) is 8.63. The number of benzene rings is 2. The number of fused-ring (bicyclic) bond motifs is 2. The van der Waals surface area contributed by atoms with Gasteiger partial charge in [0.1, 0.15) is 17.4 Å². The zero-order valence-corrected chi connectivity index (χ0v) is 30.2. The number of piperidine rings is 2. The Morgan fingerprint density at radius 3 is 2.47 bits per heavy atom. The second-order valence-corrected chi connectivity index (χ2v) is 15.1. The van der Waals surface area contributed by atoms with Crippen LogP contribution in [0.5, 0.6) is 0 Å². The van der Waals surface area contributed by atoms with E-state index < -0.39 is 35.3 Å². The molecule has 13 nitrogen and oxygen atoms in total. The molecule has 3 aromatic heterocycles. The van der Waals surface area contributed by atoms with Gasteiger partial charge in [-0.25, -0.2) is 9.78 Å². The van der Waals surface area contributed by atoms with Crippen LogP contribution in [0.1, 0.15) is 91.1 Å². The van der Waals surface area contributed by atoms with Gasteiger partial charge in [-0.05, 0) is 106 Å². The van der Waals surface area contributed by atoms with Crippen molar-refractivity contribution in [1.29, 1.82) is 0 Å². The first-order chi connectivity index (χ1) is 26.3. The molecular weight excluding hydrogens is 717 g/mol. The van der Waals surface area contributed by atoms with Crippen molar-refractivity contribution >= 4 is 45.3 Å². The molecule has 0 spiro atoms. The summed E-state index contributed by atoms with van der Waals surface area (Å²) in [5.74, 6) is -1.33. The third kappa shape index (κ3) is 7.15. The van der Waals surface area contributed by atoms with Crippen LogP contribution in [0.4, 0.5) is 18.9 Å². The Labute approximate surface area is 313 Å². The number of rotatable bonds is 7. The summed E-state index contributed by atoms with van der Waals surface area (Å²) in [6, 6.07) is 13.5. The molecule has 3 fully saturated rings. The number of alkyl halides is 3. The summed E-state index contributed by atoms with van der Waals surface area (Å²) in [5.41, 5.74) is 1.09. The van der Waals surface area contributed by atoms with Gasteiger partial charge in [0, 0.05) is 37.3 Å². The largest absolute Gasteiger partial charge is 0.433 e. The maximum Gasteiger partial charge on any atom is 0.433 e. The number of aliphatic hydroxyl groups is 1. The summed E-state index contributed by atoms with van der Waals surface area (Å²) in [6.07, 6.45) is 2.08. The van der Waals surface area contributed by atoms with Crippen LogP contribution in [0.25, 0.3) is 21.9 Å². The molecule has 5 heterocycles. The molecule has 55 heavy (non-hydrogen) atoms. The molecule has 1 saturated carbocycles. The molecule has 1 atom stereocenters. The van der Waals surface area contributed by atoms with Crippen molar-refractivity contribution in [3.8, 4) is 0 Å². The van der Waals surface area contributed by atoms with Crippen LogP contribution in [0.3, 0.4) is 0 Å². The van der Waals surface area contributed by atoms with Crippen molar-refractivity contribution in [2.45, 2.75) is 81.1 Å². The summed E-state index contributed by atoms with van der Waals surface area (Å²) < 4.78 is 44.3. The van der Waals surface area contributed by atoms with Gasteiger partial charge in [0.05, 0.1) is 28.2 Å². The lowest BCUT2D eigenvalue weighted by atomic mass is 9.81. The predicted molar refractivity (Wildman–Crippen MR) is 196 cm³/mol. The lowest BCUT2D eigenvalue weighted by Gasteiger charge is -2.41. The van der Waals surface area contributed by atoms with Gasteiger partial charge < -0.3 is 15.3 Å². The molecule has 1 aliphatic carbocycles. The van der Waals surface area contributed by atoms with E-state index in [4.69, 9.17) is 5.10 Å². The van der Waals surface area contributed by atoms with Crippen molar-refractivity contribution in [3.05, 3.63) is 88.2 Å². The zero-order valence-electron chi connectivity index (χ0n) is 30.2. The monoisotopic (exact) mass is 758 g/mol. The van der Waals surface area contributed by atoms with Crippen molar-refractivity contribution in [2.75, 3.05) is 25.0 Å². The van der Waals surface area contributed by atoms with Crippen LogP contribution < -0.4 is 16.3 Å². The van der Waals surface area contributed by atoms with Gasteiger partial charge in [0.25, 0.3) is 5.91 Å². The number of imide groups is 1. The maximum absolute atomic E-state index is 13.4. The number of para-hydroxylation sites is 1. The first kappa shape index (κ1) is 36.6. The van der Waals surface area contributed by atoms with Gasteiger partial charge in [-0.2, -0.15) is 18.3 Å². The highest BCUT2D eigenvalue weighted by molar-refractivity contribution is 6.04. The number of pyridine rings is 1. The van der Waals surface area contributed by atoms with Crippen molar-refractivity contribution < 1.29 is 32.7 Å². The van der Waals surface area contributed by atoms with Crippen LogP contribution in [0, 0.1) is 0 Å². The van der Waals surface area contributed by atoms with Gasteiger partial charge in [0.2, 0.25) is 11.8 Å². The molecule has 16 heteroatoms. The number of imidazole rings is 1. The van der Waals surface area contributed by atoms with E-state index in [9.17, 15) is 37.5 Å². The number of nitrogens with one attached hydrogen (secondary N) is 2. The number of β-amino-alcohol motifs (C(OH)–C–C–N with tert-alkyl or cyclic N) is 1. The van der Waals surface area contributed by atoms with Crippen LogP contribution in [0.15, 0.2) is 65.6 Å². The Morgan fingerprint density at radius 1 is 1.00 bits per heavy atom. The smallest absolute Gasteiger partial charge is 0.389 e. The topological polar surface area (TPSA) is 156 Å². The lowest BCUT2D eigenvalue weighted by molar-refractivity contribution is -0.141. The fourth-order valence-electron chi connectivity index (χ4n) is 8.63. The van der Waals surface area contributed by atoms with Gasteiger partial charge >= 0.3 is 11.9 Å². The summed E-state index contributed by atoms with van der Waals surface area (Å²) in [7, 11) is 1.73. The third-order valence-corrected chi connectivity index (χ3v) is 11.5. The number of carbonyl (C=O) groups excluding carboxylic acids is 3. The molecule has 1 unspecified atom stereocenters. The number of aryl methyl sites for hydroxylation is 1. The molecular formula is C39H41F3N8O5. The number of amides is 3. The van der Waals surface area contributed by atoms with E-state index >= 15 is 0 Å². The average Bonchev–Trinajstić information content (AvgIpc) is 3.69. The van der Waals surface area contributed by atoms with E-state index in [0.717, 1.165) is 67.4 Å². The third-order valence-electron chi connectivity index (χ3n) is 11.5. The SMILES string of the molecule is Cn1c(=O)n(C2CCC(=O)NC2=O)c2cccc(C3CCN(C[C@]4(O)CC[C@@H](n5cc6cc(NC(=O)c7cccc(C(F)(F)F)n7)ccc6n5)CC4)CC3)c21. The number of likely N-dealkylation sites (tertiary alicyclic amines) is 1. The Morgan fingerprint density at radius 2 is 1.75 bits per heavy atom. The molecule has 3 amide bonds. The first-order valence-electron chi connectivity index (χ1n) is 18.6. The molecule has 288 valence electrons. The minimum atomic E-state index is -4.66. The highest BCUT2D eigenvalue weighted by atomic mass is 19.4. The maximum atomic E-state index is 13.4. The number of hydrogen-bond acceptors (Lipinski definition) is 8. The predicted octanol–water partition coefficient (Wildman–Crippen LogP) is 5.06. The van der Waals surface area contributed by atoms with Crippen molar-refractivity contribution in [3.63, 3.8) is 0 Å². The number of nitrogens with zero attached hydrogens (tertiary/aromatic N) is 6. The Bertz CT molecular complexity index is 2370. The minimum absolute atomic E-state index is 0.0744. The van der Waals surface area contributed by atoms with E-state index in [-0.39, 0.29) is 42.1 Å². The number of hydrogen-bond donors (Lipinski definition) is 3. The van der Waals surface area contributed by atoms with E-state index in [0.29, 0.717) is 36.1 Å². The number of carbonyl (C=O) groups is 3. The lowest BCUT2D eigenvalue weighted by Crippen LogP contribution is -2.48. The van der Waals surface area contributed by atoms with Crippen LogP contribution >= 0.6 is 0 Å². The normalized spacial score (nSPS) is 23.0. The Hall–Kier alpha value is -5.35. The standard InChI is InChI=1S/C39H41F3N8O5/c1-47-34-27(4-2-6-30(34)50(37(47)54)31-10-11-33(51)45-36(31)53)23-14-18-48(19-15-23)22-38(55)16-12-26(13-17-38)49-21-24-20-25(8-9-28(24)46-49)43-35(52)29-5-3-7-32(44-29)39(40,41)42/h2-9,20-21,23,26,31,55H,10-19,22H2,1H3,(H,43,52)(H,45,51,53)/t26-,31?,38+. The molecule has 3 aliphatic rings. The van der Waals surface area contributed by atoms with Crippen LogP contribution in [-0.2, 0) is 22.8 Å². The van der Waals surface area contributed by atoms with Crippen molar-refractivity contribution in [2.24, 2.45) is 7.05 Å². The van der Waals surface area contributed by atoms with Gasteiger partial charge in [-0.1, -0.05) is 18.2 Å². The first-order valence-corrected chi connectivity index (χ1v) is 18.6. The molecule has 5 aromatic rings. The summed E-state index contributed by atoms with van der Waals surface area (Å²) >= 11 is 0. The molecule has 2 saturated heterocycles. The van der Waals surface area contributed by atoms with Gasteiger partial charge in [-0.3, -0.25) is 33.5 Å². The molecule has 0 radical (unpaired) electrons. The van der Waals surface area contributed by atoms with E-state index in [1.165, 1.54) is 10.6 Å². The average molecular weight is 759 g/mol. The highest BCUT2D eigenvalue weighted by Crippen LogP contribution is 2.39. The van der Waals surface area contributed by atoms with Crippen LogP contribution in [0.2, 0.25) is 0 Å². The second kappa shape index (κ2) is 14.1. The molecule has 2 aromatic carbocycles. The number of halogens is 3. The zero-order chi connectivity index (χ0) is 38.6. The minimum Gasteiger partial charge on any atom is -0.389 e. The van der Waals surface area contributed by atoms with E-state index in [1.54, 1.807) is 29.8 Å². The summed E-state index contributed by atoms with van der Waals surface area (Å²) in [6.45, 7) is 2.15.